The molecular weight excluding hydrogens is 437 g/mol. The van der Waals surface area contributed by atoms with Crippen molar-refractivity contribution in [3.63, 3.8) is 0 Å². The minimum atomic E-state index is 0. The third-order valence-electron chi connectivity index (χ3n) is 3.68. The summed E-state index contributed by atoms with van der Waals surface area (Å²) in [5.74, 6) is 1.58. The number of aliphatic imine (C=N–C) groups is 1. The molecule has 0 radical (unpaired) electrons. The van der Waals surface area contributed by atoms with Crippen molar-refractivity contribution >= 4 is 41.5 Å². The lowest BCUT2D eigenvalue weighted by atomic mass is 10.1. The van der Waals surface area contributed by atoms with E-state index >= 15 is 0 Å². The largest absolute Gasteiger partial charge is 0.487 e. The lowest BCUT2D eigenvalue weighted by Gasteiger charge is -2.17. The van der Waals surface area contributed by atoms with Crippen LogP contribution in [0.2, 0.25) is 5.02 Å². The van der Waals surface area contributed by atoms with Gasteiger partial charge in [-0.2, -0.15) is 0 Å². The number of benzene rings is 2. The second-order valence-electron chi connectivity index (χ2n) is 5.35. The molecule has 1 aliphatic heterocycles. The molecule has 2 aromatic rings. The molecule has 0 saturated carbocycles. The number of para-hydroxylation sites is 1. The average molecular weight is 458 g/mol. The van der Waals surface area contributed by atoms with E-state index in [1.54, 1.807) is 0 Å². The predicted molar refractivity (Wildman–Crippen MR) is 109 cm³/mol. The Morgan fingerprint density at radius 2 is 1.83 bits per heavy atom. The first-order valence-electron chi connectivity index (χ1n) is 7.79. The zero-order valence-electron chi connectivity index (χ0n) is 13.3. The smallest absolute Gasteiger partial charge is 0.191 e. The standard InChI is InChI=1S/C18H20ClN3O.HI/c19-16-8-3-4-9-17(16)23-13-15-7-2-1-6-14(15)12-22-18-20-10-5-11-21-18;/h1-4,6-9H,5,10-13H2,(H2,20,21,22);1H. The quantitative estimate of drug-likeness (QED) is 0.668. The first kappa shape index (κ1) is 18.9. The maximum absolute atomic E-state index is 6.13. The minimum absolute atomic E-state index is 0. The number of hydrogen-bond acceptors (Lipinski definition) is 4. The number of ether oxygens (including phenoxy) is 1. The van der Waals surface area contributed by atoms with Gasteiger partial charge in [0, 0.05) is 19.6 Å². The van der Waals surface area contributed by atoms with E-state index < -0.39 is 0 Å². The SMILES string of the molecule is Clc1ccccc1OCc1ccccc1CNC1=NCCCN1.I. The van der Waals surface area contributed by atoms with Gasteiger partial charge >= 0.3 is 0 Å². The van der Waals surface area contributed by atoms with E-state index in [9.17, 15) is 0 Å². The Morgan fingerprint density at radius 1 is 1.08 bits per heavy atom. The summed E-state index contributed by atoms with van der Waals surface area (Å²) in [5.41, 5.74) is 2.32. The Morgan fingerprint density at radius 3 is 2.58 bits per heavy atom. The third kappa shape index (κ3) is 5.27. The van der Waals surface area contributed by atoms with Gasteiger partial charge in [0.05, 0.1) is 5.02 Å². The number of rotatable bonds is 5. The highest BCUT2D eigenvalue weighted by molar-refractivity contribution is 14.0. The van der Waals surface area contributed by atoms with E-state index in [2.05, 4.69) is 27.8 Å². The fourth-order valence-corrected chi connectivity index (χ4v) is 2.61. The summed E-state index contributed by atoms with van der Waals surface area (Å²) in [6.07, 6.45) is 1.09. The van der Waals surface area contributed by atoms with Crippen LogP contribution in [0.3, 0.4) is 0 Å². The highest BCUT2D eigenvalue weighted by Crippen LogP contribution is 2.24. The molecule has 128 valence electrons. The number of nitrogens with one attached hydrogen (secondary N) is 2. The molecule has 1 heterocycles. The van der Waals surface area contributed by atoms with Crippen molar-refractivity contribution < 1.29 is 4.74 Å². The fraction of sp³-hybridized carbons (Fsp3) is 0.278. The molecule has 0 aliphatic carbocycles. The minimum Gasteiger partial charge on any atom is -0.487 e. The van der Waals surface area contributed by atoms with Gasteiger partial charge in [-0.15, -0.1) is 24.0 Å². The first-order valence-corrected chi connectivity index (χ1v) is 8.17. The van der Waals surface area contributed by atoms with E-state index in [1.807, 2.05) is 36.4 Å². The molecule has 0 bridgehead atoms. The molecule has 0 atom stereocenters. The van der Waals surface area contributed by atoms with Gasteiger partial charge in [0.15, 0.2) is 5.96 Å². The Labute approximate surface area is 164 Å². The van der Waals surface area contributed by atoms with Crippen LogP contribution in [0.4, 0.5) is 0 Å². The van der Waals surface area contributed by atoms with Crippen LogP contribution in [0.5, 0.6) is 5.75 Å². The van der Waals surface area contributed by atoms with Crippen LogP contribution < -0.4 is 15.4 Å². The molecule has 0 unspecified atom stereocenters. The molecule has 2 N–H and O–H groups in total. The summed E-state index contributed by atoms with van der Waals surface area (Å²) in [7, 11) is 0. The van der Waals surface area contributed by atoms with E-state index in [0.29, 0.717) is 23.9 Å². The highest BCUT2D eigenvalue weighted by atomic mass is 127. The summed E-state index contributed by atoms with van der Waals surface area (Å²) in [6.45, 7) is 3.06. The molecule has 1 aliphatic rings. The van der Waals surface area contributed by atoms with Gasteiger partial charge in [-0.1, -0.05) is 48.0 Å². The molecule has 0 saturated heterocycles. The third-order valence-corrected chi connectivity index (χ3v) is 3.99. The van der Waals surface area contributed by atoms with Gasteiger partial charge in [-0.25, -0.2) is 0 Å². The number of guanidine groups is 1. The van der Waals surface area contributed by atoms with Gasteiger partial charge < -0.3 is 15.4 Å². The maximum Gasteiger partial charge on any atom is 0.191 e. The Bertz CT molecular complexity index is 693. The molecule has 0 spiro atoms. The molecule has 0 fully saturated rings. The second kappa shape index (κ2) is 9.74. The molecule has 6 heteroatoms. The average Bonchev–Trinajstić information content (AvgIpc) is 2.61. The second-order valence-corrected chi connectivity index (χ2v) is 5.76. The van der Waals surface area contributed by atoms with Gasteiger partial charge in [-0.05, 0) is 29.7 Å². The number of hydrogen-bond donors (Lipinski definition) is 2. The van der Waals surface area contributed by atoms with Gasteiger partial charge in [-0.3, -0.25) is 4.99 Å². The first-order chi connectivity index (χ1) is 11.3. The van der Waals surface area contributed by atoms with E-state index in [1.165, 1.54) is 5.56 Å². The van der Waals surface area contributed by atoms with Crippen molar-refractivity contribution in [1.29, 1.82) is 0 Å². The molecule has 2 aromatic carbocycles. The summed E-state index contributed by atoms with van der Waals surface area (Å²) in [6, 6.07) is 15.7. The molecule has 0 aromatic heterocycles. The van der Waals surface area contributed by atoms with Crippen LogP contribution in [0.25, 0.3) is 0 Å². The van der Waals surface area contributed by atoms with Crippen molar-refractivity contribution in [2.24, 2.45) is 4.99 Å². The Kier molecular flexibility index (Phi) is 7.65. The van der Waals surface area contributed by atoms with Gasteiger partial charge in [0.25, 0.3) is 0 Å². The van der Waals surface area contributed by atoms with Crippen LogP contribution >= 0.6 is 35.6 Å². The monoisotopic (exact) mass is 457 g/mol. The van der Waals surface area contributed by atoms with Crippen molar-refractivity contribution in [1.82, 2.24) is 10.6 Å². The summed E-state index contributed by atoms with van der Waals surface area (Å²) < 4.78 is 5.85. The van der Waals surface area contributed by atoms with E-state index in [0.717, 1.165) is 31.0 Å². The predicted octanol–water partition coefficient (Wildman–Crippen LogP) is 3.98. The number of nitrogens with zero attached hydrogens (tertiary/aromatic N) is 1. The highest BCUT2D eigenvalue weighted by Gasteiger charge is 2.07. The fourth-order valence-electron chi connectivity index (χ4n) is 2.42. The van der Waals surface area contributed by atoms with E-state index in [-0.39, 0.29) is 24.0 Å². The Hall–Kier alpha value is -1.47. The molecular formula is C18H21ClIN3O. The van der Waals surface area contributed by atoms with Crippen LogP contribution in [0.1, 0.15) is 17.5 Å². The van der Waals surface area contributed by atoms with Crippen molar-refractivity contribution in [3.8, 4) is 5.75 Å². The topological polar surface area (TPSA) is 45.6 Å². The van der Waals surface area contributed by atoms with Gasteiger partial charge in [0.2, 0.25) is 0 Å². The summed E-state index contributed by atoms with van der Waals surface area (Å²) in [5, 5.41) is 7.24. The van der Waals surface area contributed by atoms with Crippen LogP contribution in [-0.2, 0) is 13.2 Å². The van der Waals surface area contributed by atoms with Gasteiger partial charge in [0.1, 0.15) is 12.4 Å². The van der Waals surface area contributed by atoms with Crippen molar-refractivity contribution in [3.05, 3.63) is 64.7 Å². The zero-order valence-corrected chi connectivity index (χ0v) is 16.4. The van der Waals surface area contributed by atoms with Crippen LogP contribution in [-0.4, -0.2) is 19.0 Å². The summed E-state index contributed by atoms with van der Waals surface area (Å²) >= 11 is 6.13. The van der Waals surface area contributed by atoms with Crippen molar-refractivity contribution in [2.75, 3.05) is 13.1 Å². The molecule has 4 nitrogen and oxygen atoms in total. The maximum atomic E-state index is 6.13. The van der Waals surface area contributed by atoms with Crippen LogP contribution in [0, 0.1) is 0 Å². The number of halogens is 2. The van der Waals surface area contributed by atoms with E-state index in [4.69, 9.17) is 16.3 Å². The normalized spacial score (nSPS) is 13.3. The van der Waals surface area contributed by atoms with Crippen molar-refractivity contribution in [2.45, 2.75) is 19.6 Å². The van der Waals surface area contributed by atoms with Crippen LogP contribution in [0.15, 0.2) is 53.5 Å². The zero-order chi connectivity index (χ0) is 15.9. The summed E-state index contributed by atoms with van der Waals surface area (Å²) in [4.78, 5) is 4.43. The lowest BCUT2D eigenvalue weighted by Crippen LogP contribution is -2.40. The Balaban J connectivity index is 0.00000208. The molecule has 24 heavy (non-hydrogen) atoms. The lowest BCUT2D eigenvalue weighted by molar-refractivity contribution is 0.305. The molecule has 0 amide bonds. The molecule has 3 rings (SSSR count).